The van der Waals surface area contributed by atoms with Crippen molar-refractivity contribution in [2.24, 2.45) is 0 Å². The number of rotatable bonds is 4. The molecule has 1 aliphatic rings. The van der Waals surface area contributed by atoms with E-state index >= 15 is 0 Å². The number of nitrogens with zero attached hydrogens (tertiary/aromatic N) is 1. The largest absolute Gasteiger partial charge is 0.417 e. The molecule has 2 rings (SSSR count). The van der Waals surface area contributed by atoms with Gasteiger partial charge >= 0.3 is 6.18 Å². The Morgan fingerprint density at radius 1 is 1.39 bits per heavy atom. The summed E-state index contributed by atoms with van der Waals surface area (Å²) in [4.78, 5) is 25.0. The molecule has 2 amide bonds. The first-order valence-corrected chi connectivity index (χ1v) is 7.09. The van der Waals surface area contributed by atoms with Gasteiger partial charge < -0.3 is 15.3 Å². The molecular weight excluding hydrogens is 313 g/mol. The molecule has 1 aromatic rings. The molecule has 1 fully saturated rings. The number of hydrogen-bond donors (Lipinski definition) is 2. The standard InChI is InChI=1S/C15H17F3N2O3/c1-14(23,15(16,17)18)9-12(21)19-10-4-2-5-11(8-10)20-7-3-6-13(20)22/h2,4-5,8,23H,3,6-7,9H2,1H3,(H,19,21)/t14-/m1/s1. The van der Waals surface area contributed by atoms with Crippen LogP contribution < -0.4 is 10.2 Å². The van der Waals surface area contributed by atoms with Crippen LogP contribution in [0.1, 0.15) is 26.2 Å². The van der Waals surface area contributed by atoms with Crippen molar-refractivity contribution < 1.29 is 27.9 Å². The van der Waals surface area contributed by atoms with E-state index in [-0.39, 0.29) is 11.6 Å². The molecule has 1 aliphatic heterocycles. The molecule has 1 heterocycles. The summed E-state index contributed by atoms with van der Waals surface area (Å²) in [5.41, 5.74) is -2.25. The zero-order chi connectivity index (χ0) is 17.3. The minimum atomic E-state index is -4.89. The van der Waals surface area contributed by atoms with Crippen molar-refractivity contribution in [3.8, 4) is 0 Å². The summed E-state index contributed by atoms with van der Waals surface area (Å²) in [7, 11) is 0. The van der Waals surface area contributed by atoms with Crippen LogP contribution in [-0.2, 0) is 9.59 Å². The minimum Gasteiger partial charge on any atom is -0.380 e. The van der Waals surface area contributed by atoms with Crippen LogP contribution in [0, 0.1) is 0 Å². The molecule has 23 heavy (non-hydrogen) atoms. The van der Waals surface area contributed by atoms with Gasteiger partial charge in [-0.25, -0.2) is 0 Å². The highest BCUT2D eigenvalue weighted by molar-refractivity contribution is 5.97. The summed E-state index contributed by atoms with van der Waals surface area (Å²) in [6, 6.07) is 6.30. The van der Waals surface area contributed by atoms with Gasteiger partial charge in [-0.1, -0.05) is 6.07 Å². The number of benzene rings is 1. The number of hydrogen-bond acceptors (Lipinski definition) is 3. The van der Waals surface area contributed by atoms with Crippen molar-refractivity contribution in [3.63, 3.8) is 0 Å². The monoisotopic (exact) mass is 330 g/mol. The van der Waals surface area contributed by atoms with E-state index in [0.717, 1.165) is 6.42 Å². The van der Waals surface area contributed by atoms with E-state index in [9.17, 15) is 27.9 Å². The number of carbonyl (C=O) groups excluding carboxylic acids is 2. The fraction of sp³-hybridized carbons (Fsp3) is 0.467. The number of halogens is 3. The van der Waals surface area contributed by atoms with Gasteiger partial charge in [0.15, 0.2) is 5.60 Å². The average molecular weight is 330 g/mol. The van der Waals surface area contributed by atoms with Crippen LogP contribution >= 0.6 is 0 Å². The Labute approximate surface area is 131 Å². The first kappa shape index (κ1) is 17.3. The van der Waals surface area contributed by atoms with Gasteiger partial charge in [0.05, 0.1) is 6.42 Å². The number of amides is 2. The Balaban J connectivity index is 2.06. The minimum absolute atomic E-state index is 0.0338. The molecule has 0 unspecified atom stereocenters. The van der Waals surface area contributed by atoms with Crippen LogP contribution in [0.25, 0.3) is 0 Å². The normalized spacial score (nSPS) is 18.0. The molecule has 1 saturated heterocycles. The second-order valence-corrected chi connectivity index (χ2v) is 5.70. The lowest BCUT2D eigenvalue weighted by atomic mass is 10.0. The van der Waals surface area contributed by atoms with Crippen molar-refractivity contribution in [3.05, 3.63) is 24.3 Å². The zero-order valence-electron chi connectivity index (χ0n) is 12.5. The number of nitrogens with one attached hydrogen (secondary N) is 1. The van der Waals surface area contributed by atoms with Crippen molar-refractivity contribution in [2.75, 3.05) is 16.8 Å². The van der Waals surface area contributed by atoms with E-state index in [2.05, 4.69) is 5.32 Å². The Hall–Kier alpha value is -2.09. The molecule has 1 atom stereocenters. The third kappa shape index (κ3) is 4.01. The van der Waals surface area contributed by atoms with Crippen LogP contribution in [0.3, 0.4) is 0 Å². The smallest absolute Gasteiger partial charge is 0.380 e. The van der Waals surface area contributed by atoms with Gasteiger partial charge in [-0.15, -0.1) is 0 Å². The van der Waals surface area contributed by atoms with Gasteiger partial charge in [0.25, 0.3) is 0 Å². The van der Waals surface area contributed by atoms with Gasteiger partial charge in [0, 0.05) is 24.3 Å². The molecule has 0 aromatic heterocycles. The van der Waals surface area contributed by atoms with Crippen LogP contribution in [0.2, 0.25) is 0 Å². The Bertz CT molecular complexity index is 614. The van der Waals surface area contributed by atoms with Crippen molar-refractivity contribution in [2.45, 2.75) is 38.0 Å². The molecule has 126 valence electrons. The van der Waals surface area contributed by atoms with Crippen LogP contribution in [-0.4, -0.2) is 35.2 Å². The van der Waals surface area contributed by atoms with Gasteiger partial charge in [-0.3, -0.25) is 9.59 Å². The molecule has 0 radical (unpaired) electrons. The molecule has 2 N–H and O–H groups in total. The predicted octanol–water partition coefficient (Wildman–Crippen LogP) is 2.46. The van der Waals surface area contributed by atoms with Crippen molar-refractivity contribution >= 4 is 23.2 Å². The summed E-state index contributed by atoms with van der Waals surface area (Å²) in [6.45, 7) is 1.12. The summed E-state index contributed by atoms with van der Waals surface area (Å²) >= 11 is 0. The lowest BCUT2D eigenvalue weighted by molar-refractivity contribution is -0.252. The molecule has 5 nitrogen and oxygen atoms in total. The Kier molecular flexibility index (Phi) is 4.65. The second kappa shape index (κ2) is 6.19. The molecule has 8 heteroatoms. The van der Waals surface area contributed by atoms with E-state index in [1.54, 1.807) is 17.0 Å². The van der Waals surface area contributed by atoms with E-state index in [1.165, 1.54) is 12.1 Å². The highest BCUT2D eigenvalue weighted by Crippen LogP contribution is 2.33. The Morgan fingerprint density at radius 2 is 2.09 bits per heavy atom. The number of alkyl halides is 3. The zero-order valence-corrected chi connectivity index (χ0v) is 12.5. The molecular formula is C15H17F3N2O3. The van der Waals surface area contributed by atoms with Crippen LogP contribution in [0.5, 0.6) is 0 Å². The van der Waals surface area contributed by atoms with Crippen LogP contribution in [0.15, 0.2) is 24.3 Å². The third-order valence-electron chi connectivity index (χ3n) is 3.63. The van der Waals surface area contributed by atoms with E-state index in [1.807, 2.05) is 0 Å². The average Bonchev–Trinajstić information content (AvgIpc) is 2.83. The van der Waals surface area contributed by atoms with E-state index in [0.29, 0.717) is 25.6 Å². The maximum absolute atomic E-state index is 12.6. The molecule has 1 aromatic carbocycles. The molecule has 0 bridgehead atoms. The SMILES string of the molecule is C[C@@](O)(CC(=O)Nc1cccc(N2CCCC2=O)c1)C(F)(F)F. The second-order valence-electron chi connectivity index (χ2n) is 5.70. The van der Waals surface area contributed by atoms with Gasteiger partial charge in [0.2, 0.25) is 11.8 Å². The van der Waals surface area contributed by atoms with Crippen molar-refractivity contribution in [1.82, 2.24) is 0 Å². The van der Waals surface area contributed by atoms with E-state index in [4.69, 9.17) is 0 Å². The van der Waals surface area contributed by atoms with E-state index < -0.39 is 24.1 Å². The lowest BCUT2D eigenvalue weighted by Crippen LogP contribution is -2.44. The first-order valence-electron chi connectivity index (χ1n) is 7.09. The fourth-order valence-electron chi connectivity index (χ4n) is 2.29. The topological polar surface area (TPSA) is 69.6 Å². The highest BCUT2D eigenvalue weighted by Gasteiger charge is 2.50. The maximum atomic E-state index is 12.6. The third-order valence-corrected chi connectivity index (χ3v) is 3.63. The van der Waals surface area contributed by atoms with Gasteiger partial charge in [0.1, 0.15) is 0 Å². The summed E-state index contributed by atoms with van der Waals surface area (Å²) < 4.78 is 37.7. The number of aliphatic hydroxyl groups is 1. The fourth-order valence-corrected chi connectivity index (χ4v) is 2.29. The highest BCUT2D eigenvalue weighted by atomic mass is 19.4. The summed E-state index contributed by atoms with van der Waals surface area (Å²) in [5.74, 6) is -0.995. The molecule has 0 spiro atoms. The molecule has 0 saturated carbocycles. The number of anilines is 2. The van der Waals surface area contributed by atoms with Gasteiger partial charge in [-0.05, 0) is 31.5 Å². The maximum Gasteiger partial charge on any atom is 0.417 e. The van der Waals surface area contributed by atoms with Crippen molar-refractivity contribution in [1.29, 1.82) is 0 Å². The lowest BCUT2D eigenvalue weighted by Gasteiger charge is -2.25. The quantitative estimate of drug-likeness (QED) is 0.891. The first-order chi connectivity index (χ1) is 10.6. The number of carbonyl (C=O) groups is 2. The van der Waals surface area contributed by atoms with Gasteiger partial charge in [-0.2, -0.15) is 13.2 Å². The van der Waals surface area contributed by atoms with Crippen LogP contribution in [0.4, 0.5) is 24.5 Å². The summed E-state index contributed by atoms with van der Waals surface area (Å²) in [5, 5.41) is 11.6. The molecule has 0 aliphatic carbocycles. The Morgan fingerprint density at radius 3 is 2.65 bits per heavy atom. The predicted molar refractivity (Wildman–Crippen MR) is 78.0 cm³/mol. The summed E-state index contributed by atoms with van der Waals surface area (Å²) in [6.07, 6.45) is -4.81.